The molecule has 7 heteroatoms. The summed E-state index contributed by atoms with van der Waals surface area (Å²) in [6.07, 6.45) is 1.66. The highest BCUT2D eigenvalue weighted by Gasteiger charge is 2.16. The Balaban J connectivity index is 2.15. The van der Waals surface area contributed by atoms with E-state index in [1.54, 1.807) is 22.9 Å². The standard InChI is InChI=1S/C16H25N5O2/c1-11(2)10-21(6-7-23-5)16(22)18-13-8-14-12(3)19-20(4)15(14)17-9-13/h8-9,11H,6-7,10H2,1-5H3,(H,18,22). The van der Waals surface area contributed by atoms with Crippen molar-refractivity contribution in [2.45, 2.75) is 20.8 Å². The van der Waals surface area contributed by atoms with Crippen molar-refractivity contribution in [2.75, 3.05) is 32.1 Å². The van der Waals surface area contributed by atoms with E-state index in [0.29, 0.717) is 31.3 Å². The molecule has 2 rings (SSSR count). The largest absolute Gasteiger partial charge is 0.383 e. The molecule has 2 aromatic rings. The van der Waals surface area contributed by atoms with Gasteiger partial charge in [-0.05, 0) is 18.9 Å². The van der Waals surface area contributed by atoms with Crippen LogP contribution in [0.2, 0.25) is 0 Å². The SMILES string of the molecule is COCCN(CC(C)C)C(=O)Nc1cnc2c(c1)c(C)nn2C. The Morgan fingerprint density at radius 2 is 2.22 bits per heavy atom. The first-order valence-electron chi connectivity index (χ1n) is 7.76. The number of nitrogens with one attached hydrogen (secondary N) is 1. The second-order valence-electron chi connectivity index (χ2n) is 6.07. The first-order valence-corrected chi connectivity index (χ1v) is 7.76. The number of anilines is 1. The van der Waals surface area contributed by atoms with Gasteiger partial charge in [0.15, 0.2) is 5.65 Å². The predicted octanol–water partition coefficient (Wildman–Crippen LogP) is 2.41. The van der Waals surface area contributed by atoms with E-state index in [2.05, 4.69) is 29.2 Å². The van der Waals surface area contributed by atoms with Crippen LogP contribution in [0.4, 0.5) is 10.5 Å². The van der Waals surface area contributed by atoms with Crippen molar-refractivity contribution in [2.24, 2.45) is 13.0 Å². The van der Waals surface area contributed by atoms with Gasteiger partial charge in [0.1, 0.15) is 0 Å². The molecule has 2 heterocycles. The van der Waals surface area contributed by atoms with Crippen LogP contribution in [0.3, 0.4) is 0 Å². The summed E-state index contributed by atoms with van der Waals surface area (Å²) in [5, 5.41) is 8.20. The molecule has 23 heavy (non-hydrogen) atoms. The summed E-state index contributed by atoms with van der Waals surface area (Å²) in [4.78, 5) is 18.6. The Kier molecular flexibility index (Phi) is 5.54. The number of rotatable bonds is 6. The van der Waals surface area contributed by atoms with E-state index in [9.17, 15) is 4.79 Å². The minimum Gasteiger partial charge on any atom is -0.383 e. The van der Waals surface area contributed by atoms with Crippen molar-refractivity contribution in [3.8, 4) is 0 Å². The van der Waals surface area contributed by atoms with Crippen LogP contribution in [0.1, 0.15) is 19.5 Å². The average Bonchev–Trinajstić information content (AvgIpc) is 2.77. The highest BCUT2D eigenvalue weighted by molar-refractivity contribution is 5.92. The number of hydrogen-bond donors (Lipinski definition) is 1. The topological polar surface area (TPSA) is 72.3 Å². The summed E-state index contributed by atoms with van der Waals surface area (Å²) in [5.41, 5.74) is 2.37. The van der Waals surface area contributed by atoms with Gasteiger partial charge in [0.25, 0.3) is 0 Å². The van der Waals surface area contributed by atoms with Gasteiger partial charge >= 0.3 is 6.03 Å². The van der Waals surface area contributed by atoms with E-state index in [0.717, 1.165) is 16.7 Å². The van der Waals surface area contributed by atoms with Crippen molar-refractivity contribution in [1.29, 1.82) is 0 Å². The molecule has 126 valence electrons. The Labute approximate surface area is 136 Å². The molecule has 0 unspecified atom stereocenters. The van der Waals surface area contributed by atoms with E-state index in [1.807, 2.05) is 20.0 Å². The third-order valence-corrected chi connectivity index (χ3v) is 3.55. The third kappa shape index (κ3) is 4.19. The maximum absolute atomic E-state index is 12.5. The molecular formula is C16H25N5O2. The number of aromatic nitrogens is 3. The van der Waals surface area contributed by atoms with E-state index in [-0.39, 0.29) is 6.03 Å². The first kappa shape index (κ1) is 17.2. The summed E-state index contributed by atoms with van der Waals surface area (Å²) in [6, 6.07) is 1.77. The average molecular weight is 319 g/mol. The number of methoxy groups -OCH3 is 1. The molecule has 7 nitrogen and oxygen atoms in total. The zero-order chi connectivity index (χ0) is 17.0. The van der Waals surface area contributed by atoms with Crippen LogP contribution in [0.15, 0.2) is 12.3 Å². The molecule has 0 saturated carbocycles. The zero-order valence-electron chi connectivity index (χ0n) is 14.5. The molecule has 0 aromatic carbocycles. The van der Waals surface area contributed by atoms with Crippen LogP contribution in [0, 0.1) is 12.8 Å². The minimum atomic E-state index is -0.140. The third-order valence-electron chi connectivity index (χ3n) is 3.55. The highest BCUT2D eigenvalue weighted by Crippen LogP contribution is 2.19. The quantitative estimate of drug-likeness (QED) is 0.887. The number of carbonyl (C=O) groups is 1. The molecule has 0 aliphatic carbocycles. The summed E-state index contributed by atoms with van der Waals surface area (Å²) in [6.45, 7) is 7.84. The monoisotopic (exact) mass is 319 g/mol. The van der Waals surface area contributed by atoms with Crippen LogP contribution in [0.25, 0.3) is 11.0 Å². The summed E-state index contributed by atoms with van der Waals surface area (Å²) in [7, 11) is 3.49. The number of hydrogen-bond acceptors (Lipinski definition) is 4. The molecule has 0 aliphatic heterocycles. The number of ether oxygens (including phenoxy) is 1. The van der Waals surface area contributed by atoms with Crippen molar-refractivity contribution in [1.82, 2.24) is 19.7 Å². The van der Waals surface area contributed by atoms with Gasteiger partial charge in [-0.15, -0.1) is 0 Å². The molecule has 2 aromatic heterocycles. The molecule has 0 atom stereocenters. The van der Waals surface area contributed by atoms with Crippen molar-refractivity contribution in [3.05, 3.63) is 18.0 Å². The lowest BCUT2D eigenvalue weighted by Crippen LogP contribution is -2.39. The highest BCUT2D eigenvalue weighted by atomic mass is 16.5. The smallest absolute Gasteiger partial charge is 0.321 e. The molecule has 0 spiro atoms. The number of aryl methyl sites for hydroxylation is 2. The van der Waals surface area contributed by atoms with Crippen LogP contribution < -0.4 is 5.32 Å². The van der Waals surface area contributed by atoms with E-state index < -0.39 is 0 Å². The van der Waals surface area contributed by atoms with Crippen molar-refractivity contribution < 1.29 is 9.53 Å². The number of amides is 2. The Morgan fingerprint density at radius 3 is 2.87 bits per heavy atom. The second-order valence-corrected chi connectivity index (χ2v) is 6.07. The van der Waals surface area contributed by atoms with Gasteiger partial charge in [-0.1, -0.05) is 13.8 Å². The summed E-state index contributed by atoms with van der Waals surface area (Å²) in [5.74, 6) is 0.388. The van der Waals surface area contributed by atoms with Gasteiger partial charge in [-0.2, -0.15) is 5.10 Å². The van der Waals surface area contributed by atoms with Crippen LogP contribution >= 0.6 is 0 Å². The Morgan fingerprint density at radius 1 is 1.48 bits per heavy atom. The number of pyridine rings is 1. The van der Waals surface area contributed by atoms with Crippen LogP contribution in [-0.4, -0.2) is 52.5 Å². The number of carbonyl (C=O) groups excluding carboxylic acids is 1. The van der Waals surface area contributed by atoms with Gasteiger partial charge < -0.3 is 15.0 Å². The zero-order valence-corrected chi connectivity index (χ0v) is 14.5. The second kappa shape index (κ2) is 7.41. The predicted molar refractivity (Wildman–Crippen MR) is 90.6 cm³/mol. The van der Waals surface area contributed by atoms with Crippen molar-refractivity contribution >= 4 is 22.8 Å². The van der Waals surface area contributed by atoms with E-state index in [1.165, 1.54) is 0 Å². The van der Waals surface area contributed by atoms with Crippen LogP contribution in [0.5, 0.6) is 0 Å². The lowest BCUT2D eigenvalue weighted by Gasteiger charge is -2.24. The molecule has 0 fully saturated rings. The number of fused-ring (bicyclic) bond motifs is 1. The maximum Gasteiger partial charge on any atom is 0.321 e. The molecule has 0 saturated heterocycles. The van der Waals surface area contributed by atoms with E-state index in [4.69, 9.17) is 4.74 Å². The van der Waals surface area contributed by atoms with E-state index >= 15 is 0 Å². The first-order chi connectivity index (χ1) is 10.9. The molecule has 0 radical (unpaired) electrons. The molecule has 0 aliphatic rings. The number of nitrogens with zero attached hydrogens (tertiary/aromatic N) is 4. The Hall–Kier alpha value is -2.15. The summed E-state index contributed by atoms with van der Waals surface area (Å²) < 4.78 is 6.82. The van der Waals surface area contributed by atoms with Crippen molar-refractivity contribution in [3.63, 3.8) is 0 Å². The fourth-order valence-electron chi connectivity index (χ4n) is 2.50. The minimum absolute atomic E-state index is 0.140. The van der Waals surface area contributed by atoms with Gasteiger partial charge in [0.05, 0.1) is 24.2 Å². The fraction of sp³-hybridized carbons (Fsp3) is 0.562. The van der Waals surface area contributed by atoms with Gasteiger partial charge in [0.2, 0.25) is 0 Å². The maximum atomic E-state index is 12.5. The number of urea groups is 1. The van der Waals surface area contributed by atoms with Gasteiger partial charge in [0, 0.05) is 32.6 Å². The lowest BCUT2D eigenvalue weighted by atomic mass is 10.2. The molecular weight excluding hydrogens is 294 g/mol. The molecule has 1 N–H and O–H groups in total. The molecule has 0 bridgehead atoms. The normalized spacial score (nSPS) is 11.2. The Bertz CT molecular complexity index is 680. The fourth-order valence-corrected chi connectivity index (χ4v) is 2.50. The van der Waals surface area contributed by atoms with Gasteiger partial charge in [-0.3, -0.25) is 4.68 Å². The lowest BCUT2D eigenvalue weighted by molar-refractivity contribution is 0.150. The van der Waals surface area contributed by atoms with Crippen LogP contribution in [-0.2, 0) is 11.8 Å². The van der Waals surface area contributed by atoms with Gasteiger partial charge in [-0.25, -0.2) is 9.78 Å². The summed E-state index contributed by atoms with van der Waals surface area (Å²) >= 11 is 0. The molecule has 2 amide bonds.